The number of hydrogen-bond acceptors (Lipinski definition) is 3. The molecule has 5 nitrogen and oxygen atoms in total. The first-order chi connectivity index (χ1) is 7.60. The Hall–Kier alpha value is 0.120. The smallest absolute Gasteiger partial charge is 0.279 e. The zero-order valence-corrected chi connectivity index (χ0v) is 12.2. The van der Waals surface area contributed by atoms with Crippen molar-refractivity contribution in [3.8, 4) is 0 Å². The van der Waals surface area contributed by atoms with E-state index in [9.17, 15) is 8.42 Å². The molecule has 0 aromatic heterocycles. The number of piperidine rings is 1. The van der Waals surface area contributed by atoms with Gasteiger partial charge in [0.25, 0.3) is 10.2 Å². The number of nitrogens with zero attached hydrogens (tertiary/aromatic N) is 1. The van der Waals surface area contributed by atoms with Crippen molar-refractivity contribution in [2.75, 3.05) is 33.2 Å². The van der Waals surface area contributed by atoms with Gasteiger partial charge >= 0.3 is 0 Å². The molecule has 7 heteroatoms. The fourth-order valence-electron chi connectivity index (χ4n) is 2.06. The Labute approximate surface area is 111 Å². The van der Waals surface area contributed by atoms with E-state index in [2.05, 4.69) is 10.0 Å². The third kappa shape index (κ3) is 5.52. The molecule has 0 unspecified atom stereocenters. The van der Waals surface area contributed by atoms with Gasteiger partial charge in [-0.25, -0.2) is 4.72 Å². The number of halogens is 1. The summed E-state index contributed by atoms with van der Waals surface area (Å²) in [4.78, 5) is 0. The molecule has 2 N–H and O–H groups in total. The highest BCUT2D eigenvalue weighted by atomic mass is 35.5. The summed E-state index contributed by atoms with van der Waals surface area (Å²) in [5, 5.41) is 3.13. The van der Waals surface area contributed by atoms with Gasteiger partial charge in [0.2, 0.25) is 0 Å². The van der Waals surface area contributed by atoms with Crippen LogP contribution in [-0.4, -0.2) is 45.9 Å². The van der Waals surface area contributed by atoms with E-state index in [0.29, 0.717) is 25.6 Å². The van der Waals surface area contributed by atoms with Crippen LogP contribution >= 0.6 is 12.4 Å². The lowest BCUT2D eigenvalue weighted by molar-refractivity contribution is 0.261. The van der Waals surface area contributed by atoms with Crippen molar-refractivity contribution in [2.45, 2.75) is 26.2 Å². The van der Waals surface area contributed by atoms with E-state index in [-0.39, 0.29) is 12.4 Å². The van der Waals surface area contributed by atoms with Crippen LogP contribution in [-0.2, 0) is 10.2 Å². The van der Waals surface area contributed by atoms with Crippen molar-refractivity contribution in [3.05, 3.63) is 0 Å². The van der Waals surface area contributed by atoms with Crippen molar-refractivity contribution < 1.29 is 8.42 Å². The molecule has 1 aliphatic heterocycles. The maximum atomic E-state index is 11.7. The third-order valence-electron chi connectivity index (χ3n) is 3.04. The molecule has 0 amide bonds. The van der Waals surface area contributed by atoms with Crippen LogP contribution in [0.5, 0.6) is 0 Å². The molecule has 17 heavy (non-hydrogen) atoms. The van der Waals surface area contributed by atoms with Gasteiger partial charge in [0.15, 0.2) is 0 Å². The molecular formula is C10H24ClN3O2S. The molecule has 104 valence electrons. The average molecular weight is 286 g/mol. The van der Waals surface area contributed by atoms with E-state index >= 15 is 0 Å². The summed E-state index contributed by atoms with van der Waals surface area (Å²) in [5.41, 5.74) is 0. The second-order valence-corrected chi connectivity index (χ2v) is 5.99. The summed E-state index contributed by atoms with van der Waals surface area (Å²) in [5.74, 6) is 0.667. The van der Waals surface area contributed by atoms with E-state index in [0.717, 1.165) is 25.8 Å². The van der Waals surface area contributed by atoms with Crippen LogP contribution in [0, 0.1) is 5.92 Å². The molecular weight excluding hydrogens is 262 g/mol. The maximum absolute atomic E-state index is 11.7. The van der Waals surface area contributed by atoms with Gasteiger partial charge in [0.05, 0.1) is 0 Å². The lowest BCUT2D eigenvalue weighted by Gasteiger charge is -2.31. The predicted octanol–water partition coefficient (Wildman–Crippen LogP) is 0.584. The van der Waals surface area contributed by atoms with Gasteiger partial charge in [0, 0.05) is 19.6 Å². The van der Waals surface area contributed by atoms with Gasteiger partial charge in [-0.3, -0.25) is 0 Å². The molecule has 0 spiro atoms. The van der Waals surface area contributed by atoms with Crippen LogP contribution < -0.4 is 10.0 Å². The van der Waals surface area contributed by atoms with Crippen LogP contribution in [0.3, 0.4) is 0 Å². The minimum Gasteiger partial charge on any atom is -0.320 e. The molecule has 0 aliphatic carbocycles. The van der Waals surface area contributed by atoms with Gasteiger partial charge in [0.1, 0.15) is 0 Å². The highest BCUT2D eigenvalue weighted by Gasteiger charge is 2.26. The number of nitrogens with one attached hydrogen (secondary N) is 2. The second kappa shape index (κ2) is 8.26. The molecule has 1 heterocycles. The fourth-order valence-corrected chi connectivity index (χ4v) is 3.30. The van der Waals surface area contributed by atoms with Crippen LogP contribution in [0.1, 0.15) is 26.2 Å². The Morgan fingerprint density at radius 1 is 1.29 bits per heavy atom. The summed E-state index contributed by atoms with van der Waals surface area (Å²) in [7, 11) is -1.26. The van der Waals surface area contributed by atoms with Crippen LogP contribution in [0.2, 0.25) is 0 Å². The Bertz CT molecular complexity index is 290. The lowest BCUT2D eigenvalue weighted by atomic mass is 9.95. The Morgan fingerprint density at radius 2 is 1.88 bits per heavy atom. The SMILES string of the molecule is CCNS(=O)(=O)N1CCC(CCNC)CC1.Cl. The summed E-state index contributed by atoms with van der Waals surface area (Å²) < 4.78 is 27.5. The normalized spacial score (nSPS) is 18.9. The molecule has 0 atom stereocenters. The summed E-state index contributed by atoms with van der Waals surface area (Å²) in [6.07, 6.45) is 3.10. The van der Waals surface area contributed by atoms with Gasteiger partial charge in [-0.1, -0.05) is 6.92 Å². The quantitative estimate of drug-likeness (QED) is 0.751. The van der Waals surface area contributed by atoms with Crippen LogP contribution in [0.25, 0.3) is 0 Å². The van der Waals surface area contributed by atoms with E-state index in [1.807, 2.05) is 7.05 Å². The van der Waals surface area contributed by atoms with Crippen molar-refractivity contribution in [3.63, 3.8) is 0 Å². The van der Waals surface area contributed by atoms with Crippen molar-refractivity contribution in [1.29, 1.82) is 0 Å². The molecule has 1 saturated heterocycles. The molecule has 1 rings (SSSR count). The van der Waals surface area contributed by atoms with Crippen LogP contribution in [0.4, 0.5) is 0 Å². The Morgan fingerprint density at radius 3 is 2.35 bits per heavy atom. The molecule has 0 radical (unpaired) electrons. The standard InChI is InChI=1S/C10H23N3O2S.ClH/c1-3-12-16(14,15)13-8-5-10(6-9-13)4-7-11-2;/h10-12H,3-9H2,1-2H3;1H. The maximum Gasteiger partial charge on any atom is 0.279 e. The van der Waals surface area contributed by atoms with Gasteiger partial charge < -0.3 is 5.32 Å². The Kier molecular flexibility index (Phi) is 8.32. The topological polar surface area (TPSA) is 61.4 Å². The van der Waals surface area contributed by atoms with Gasteiger partial charge in [-0.15, -0.1) is 12.4 Å². The van der Waals surface area contributed by atoms with Gasteiger partial charge in [-0.2, -0.15) is 12.7 Å². The van der Waals surface area contributed by atoms with E-state index in [4.69, 9.17) is 0 Å². The summed E-state index contributed by atoms with van der Waals surface area (Å²) >= 11 is 0. The third-order valence-corrected chi connectivity index (χ3v) is 4.74. The fraction of sp³-hybridized carbons (Fsp3) is 1.00. The number of rotatable bonds is 6. The summed E-state index contributed by atoms with van der Waals surface area (Å²) in [6, 6.07) is 0. The highest BCUT2D eigenvalue weighted by Crippen LogP contribution is 2.21. The largest absolute Gasteiger partial charge is 0.320 e. The average Bonchev–Trinajstić information content (AvgIpc) is 2.27. The van der Waals surface area contributed by atoms with E-state index in [1.165, 1.54) is 0 Å². The predicted molar refractivity (Wildman–Crippen MR) is 72.7 cm³/mol. The molecule has 1 aliphatic rings. The summed E-state index contributed by atoms with van der Waals surface area (Å²) in [6.45, 7) is 4.59. The molecule has 0 aromatic carbocycles. The Balaban J connectivity index is 0.00000256. The zero-order chi connectivity index (χ0) is 12.0. The van der Waals surface area contributed by atoms with Crippen molar-refractivity contribution >= 4 is 22.6 Å². The van der Waals surface area contributed by atoms with Crippen LogP contribution in [0.15, 0.2) is 0 Å². The minimum absolute atomic E-state index is 0. The monoisotopic (exact) mass is 285 g/mol. The first-order valence-electron chi connectivity index (χ1n) is 5.99. The lowest BCUT2D eigenvalue weighted by Crippen LogP contribution is -2.45. The molecule has 0 aromatic rings. The van der Waals surface area contributed by atoms with Crippen molar-refractivity contribution in [1.82, 2.24) is 14.3 Å². The highest BCUT2D eigenvalue weighted by molar-refractivity contribution is 7.87. The molecule has 0 saturated carbocycles. The van der Waals surface area contributed by atoms with E-state index < -0.39 is 10.2 Å². The molecule has 1 fully saturated rings. The number of hydrogen-bond donors (Lipinski definition) is 2. The first-order valence-corrected chi connectivity index (χ1v) is 7.43. The minimum atomic E-state index is -3.21. The zero-order valence-electron chi connectivity index (χ0n) is 10.6. The van der Waals surface area contributed by atoms with E-state index in [1.54, 1.807) is 11.2 Å². The molecule has 0 bridgehead atoms. The first kappa shape index (κ1) is 17.1. The van der Waals surface area contributed by atoms with Gasteiger partial charge in [-0.05, 0) is 38.8 Å². The van der Waals surface area contributed by atoms with Crippen molar-refractivity contribution in [2.24, 2.45) is 5.92 Å². The second-order valence-electron chi connectivity index (χ2n) is 4.24.